The number of nitrogens with two attached hydrogens (primary N) is 1. The van der Waals surface area contributed by atoms with Crippen molar-refractivity contribution in [1.29, 1.82) is 0 Å². The van der Waals surface area contributed by atoms with Crippen molar-refractivity contribution in [1.82, 2.24) is 19.9 Å². The van der Waals surface area contributed by atoms with E-state index in [9.17, 15) is 0 Å². The van der Waals surface area contributed by atoms with Gasteiger partial charge in [0.2, 0.25) is 0 Å². The van der Waals surface area contributed by atoms with E-state index >= 15 is 0 Å². The Morgan fingerprint density at radius 1 is 0.889 bits per heavy atom. The molecule has 2 aromatic heterocycles. The van der Waals surface area contributed by atoms with E-state index in [1.54, 1.807) is 24.7 Å². The molecule has 3 aromatic rings. The van der Waals surface area contributed by atoms with Gasteiger partial charge in [-0.25, -0.2) is 15.8 Å². The van der Waals surface area contributed by atoms with Crippen molar-refractivity contribution in [2.75, 3.05) is 5.43 Å². The molecule has 3 N–H and O–H groups in total. The molecule has 0 aliphatic rings. The molecule has 6 heteroatoms. The molecule has 6 nitrogen and oxygen atoms in total. The van der Waals surface area contributed by atoms with Gasteiger partial charge in [0.05, 0.1) is 11.0 Å². The molecule has 0 atom stereocenters. The number of nitrogens with zero attached hydrogens (tertiary/aromatic N) is 4. The molecule has 88 valence electrons. The maximum Gasteiger partial charge on any atom is 0.161 e. The Labute approximate surface area is 103 Å². The summed E-state index contributed by atoms with van der Waals surface area (Å²) in [6.07, 6.45) is 4.97. The third-order valence-electron chi connectivity index (χ3n) is 2.53. The normalized spacial score (nSPS) is 10.5. The molecule has 0 spiro atoms. The summed E-state index contributed by atoms with van der Waals surface area (Å²) in [6.45, 7) is 0. The van der Waals surface area contributed by atoms with Gasteiger partial charge in [-0.3, -0.25) is 9.97 Å². The number of nitrogen functional groups attached to an aromatic ring is 1. The number of hydrogen-bond donors (Lipinski definition) is 2. The second-order valence-corrected chi connectivity index (χ2v) is 3.67. The van der Waals surface area contributed by atoms with E-state index in [2.05, 4.69) is 25.4 Å². The molecule has 0 bridgehead atoms. The van der Waals surface area contributed by atoms with E-state index in [-0.39, 0.29) is 0 Å². The lowest BCUT2D eigenvalue weighted by atomic mass is 10.2. The van der Waals surface area contributed by atoms with Crippen LogP contribution in [0.3, 0.4) is 0 Å². The molecule has 0 radical (unpaired) electrons. The Hall–Kier alpha value is -2.60. The maximum absolute atomic E-state index is 5.32. The summed E-state index contributed by atoms with van der Waals surface area (Å²) in [7, 11) is 0. The van der Waals surface area contributed by atoms with Crippen molar-refractivity contribution >= 4 is 16.9 Å². The van der Waals surface area contributed by atoms with Crippen molar-refractivity contribution in [3.63, 3.8) is 0 Å². The van der Waals surface area contributed by atoms with Gasteiger partial charge in [-0.1, -0.05) is 0 Å². The average molecular weight is 238 g/mol. The molecular weight excluding hydrogens is 228 g/mol. The molecule has 0 saturated carbocycles. The van der Waals surface area contributed by atoms with Crippen molar-refractivity contribution < 1.29 is 0 Å². The van der Waals surface area contributed by atoms with E-state index < -0.39 is 0 Å². The average Bonchev–Trinajstić information content (AvgIpc) is 2.47. The molecule has 0 unspecified atom stereocenters. The van der Waals surface area contributed by atoms with Gasteiger partial charge in [-0.2, -0.15) is 0 Å². The summed E-state index contributed by atoms with van der Waals surface area (Å²) in [5, 5.41) is 0. The minimum absolute atomic E-state index is 0.569. The summed E-state index contributed by atoms with van der Waals surface area (Å²) in [4.78, 5) is 16.9. The molecule has 0 aliphatic heterocycles. The monoisotopic (exact) mass is 238 g/mol. The summed E-state index contributed by atoms with van der Waals surface area (Å²) < 4.78 is 0. The Morgan fingerprint density at radius 3 is 2.56 bits per heavy atom. The van der Waals surface area contributed by atoms with Gasteiger partial charge >= 0.3 is 0 Å². The van der Waals surface area contributed by atoms with Gasteiger partial charge in [0, 0.05) is 30.2 Å². The van der Waals surface area contributed by atoms with Crippen LogP contribution in [0.25, 0.3) is 22.4 Å². The fourth-order valence-electron chi connectivity index (χ4n) is 1.68. The number of benzene rings is 1. The van der Waals surface area contributed by atoms with Crippen LogP contribution in [0.4, 0.5) is 5.82 Å². The lowest BCUT2D eigenvalue weighted by Gasteiger charge is -2.03. The van der Waals surface area contributed by atoms with E-state index in [4.69, 9.17) is 5.84 Å². The predicted octanol–water partition coefficient (Wildman–Crippen LogP) is 1.37. The zero-order chi connectivity index (χ0) is 12.4. The van der Waals surface area contributed by atoms with Gasteiger partial charge in [0.1, 0.15) is 5.82 Å². The van der Waals surface area contributed by atoms with Crippen LogP contribution in [-0.4, -0.2) is 19.9 Å². The largest absolute Gasteiger partial charge is 0.308 e. The van der Waals surface area contributed by atoms with Crippen molar-refractivity contribution in [2.45, 2.75) is 0 Å². The number of hydrogen-bond acceptors (Lipinski definition) is 6. The smallest absolute Gasteiger partial charge is 0.161 e. The number of rotatable bonds is 2. The Kier molecular flexibility index (Phi) is 2.54. The van der Waals surface area contributed by atoms with Gasteiger partial charge in [0.15, 0.2) is 5.82 Å². The highest BCUT2D eigenvalue weighted by molar-refractivity contribution is 5.79. The highest BCUT2D eigenvalue weighted by atomic mass is 15.3. The molecule has 18 heavy (non-hydrogen) atoms. The molecule has 2 heterocycles. The first-order valence-corrected chi connectivity index (χ1v) is 5.37. The topological polar surface area (TPSA) is 89.6 Å². The quantitative estimate of drug-likeness (QED) is 0.517. The van der Waals surface area contributed by atoms with Crippen LogP contribution in [0.1, 0.15) is 0 Å². The summed E-state index contributed by atoms with van der Waals surface area (Å²) in [6, 6.07) is 7.40. The van der Waals surface area contributed by atoms with Crippen LogP contribution >= 0.6 is 0 Å². The van der Waals surface area contributed by atoms with Gasteiger partial charge in [-0.05, 0) is 18.2 Å². The summed E-state index contributed by atoms with van der Waals surface area (Å²) in [5.41, 5.74) is 5.02. The van der Waals surface area contributed by atoms with E-state index in [0.717, 1.165) is 16.6 Å². The number of nitrogens with one attached hydrogen (secondary N) is 1. The molecule has 1 aromatic carbocycles. The molecule has 0 aliphatic carbocycles. The lowest BCUT2D eigenvalue weighted by Crippen LogP contribution is -2.09. The SMILES string of the molecule is NNc1ccnc(-c2ccc3nccnc3c2)n1. The van der Waals surface area contributed by atoms with Crippen LogP contribution in [0.2, 0.25) is 0 Å². The van der Waals surface area contributed by atoms with Gasteiger partial charge in [0.25, 0.3) is 0 Å². The second-order valence-electron chi connectivity index (χ2n) is 3.67. The Bertz CT molecular complexity index is 697. The Morgan fingerprint density at radius 2 is 1.72 bits per heavy atom. The van der Waals surface area contributed by atoms with Gasteiger partial charge in [-0.15, -0.1) is 0 Å². The predicted molar refractivity (Wildman–Crippen MR) is 68.4 cm³/mol. The van der Waals surface area contributed by atoms with E-state index in [0.29, 0.717) is 11.6 Å². The van der Waals surface area contributed by atoms with Crippen LogP contribution in [0.5, 0.6) is 0 Å². The first-order valence-electron chi connectivity index (χ1n) is 5.37. The molecule has 0 saturated heterocycles. The van der Waals surface area contributed by atoms with Crippen molar-refractivity contribution in [3.05, 3.63) is 42.9 Å². The minimum Gasteiger partial charge on any atom is -0.308 e. The third-order valence-corrected chi connectivity index (χ3v) is 2.53. The van der Waals surface area contributed by atoms with E-state index in [1.807, 2.05) is 18.2 Å². The summed E-state index contributed by atoms with van der Waals surface area (Å²) >= 11 is 0. The Balaban J connectivity index is 2.13. The van der Waals surface area contributed by atoms with Crippen LogP contribution < -0.4 is 11.3 Å². The highest BCUT2D eigenvalue weighted by Crippen LogP contribution is 2.19. The van der Waals surface area contributed by atoms with Crippen molar-refractivity contribution in [3.8, 4) is 11.4 Å². The zero-order valence-corrected chi connectivity index (χ0v) is 9.41. The number of aromatic nitrogens is 4. The second kappa shape index (κ2) is 4.34. The number of anilines is 1. The summed E-state index contributed by atoms with van der Waals surface area (Å²) in [5.74, 6) is 6.49. The minimum atomic E-state index is 0.569. The molecule has 3 rings (SSSR count). The first-order chi connectivity index (χ1) is 8.86. The van der Waals surface area contributed by atoms with Crippen LogP contribution in [0, 0.1) is 0 Å². The third kappa shape index (κ3) is 1.85. The first kappa shape index (κ1) is 10.5. The van der Waals surface area contributed by atoms with Crippen LogP contribution in [0.15, 0.2) is 42.9 Å². The van der Waals surface area contributed by atoms with Gasteiger partial charge < -0.3 is 5.43 Å². The highest BCUT2D eigenvalue weighted by Gasteiger charge is 2.04. The fraction of sp³-hybridized carbons (Fsp3) is 0. The molecule has 0 amide bonds. The van der Waals surface area contributed by atoms with Crippen LogP contribution in [-0.2, 0) is 0 Å². The molecule has 0 fully saturated rings. The number of fused-ring (bicyclic) bond motifs is 1. The standard InChI is InChI=1S/C12H10N6/c13-18-11-3-4-16-12(17-11)8-1-2-9-10(7-8)15-6-5-14-9/h1-7H,13H2,(H,16,17,18). The number of hydrazine groups is 1. The maximum atomic E-state index is 5.32. The molecular formula is C12H10N6. The van der Waals surface area contributed by atoms with E-state index in [1.165, 1.54) is 0 Å². The zero-order valence-electron chi connectivity index (χ0n) is 9.41. The fourth-order valence-corrected chi connectivity index (χ4v) is 1.68. The lowest BCUT2D eigenvalue weighted by molar-refractivity contribution is 1.14. The van der Waals surface area contributed by atoms with Crippen molar-refractivity contribution in [2.24, 2.45) is 5.84 Å².